The highest BCUT2D eigenvalue weighted by molar-refractivity contribution is 6.10. The van der Waals surface area contributed by atoms with Crippen LogP contribution in [0, 0.1) is 23.6 Å². The fourth-order valence-electron chi connectivity index (χ4n) is 7.33. The van der Waals surface area contributed by atoms with E-state index in [1.165, 1.54) is 18.6 Å². The molecule has 2 saturated heterocycles. The van der Waals surface area contributed by atoms with Crippen molar-refractivity contribution in [2.24, 2.45) is 17.8 Å². The van der Waals surface area contributed by atoms with E-state index in [4.69, 9.17) is 0 Å². The molecule has 0 radical (unpaired) electrons. The normalized spacial score (nSPS) is 22.5. The van der Waals surface area contributed by atoms with Gasteiger partial charge in [0.1, 0.15) is 5.82 Å². The van der Waals surface area contributed by atoms with Gasteiger partial charge in [0, 0.05) is 54.4 Å². The van der Waals surface area contributed by atoms with E-state index in [0.717, 1.165) is 18.4 Å². The van der Waals surface area contributed by atoms with Gasteiger partial charge in [-0.2, -0.15) is 0 Å². The number of fused-ring (bicyclic) bond motifs is 2. The van der Waals surface area contributed by atoms with Gasteiger partial charge in [-0.15, -0.1) is 0 Å². The summed E-state index contributed by atoms with van der Waals surface area (Å²) in [7, 11) is 0. The summed E-state index contributed by atoms with van der Waals surface area (Å²) in [4.78, 5) is 48.9. The summed E-state index contributed by atoms with van der Waals surface area (Å²) >= 11 is 0. The molecule has 222 valence electrons. The lowest BCUT2D eigenvalue weighted by Gasteiger charge is -2.37. The van der Waals surface area contributed by atoms with Crippen LogP contribution in [0.15, 0.2) is 42.9 Å². The van der Waals surface area contributed by atoms with E-state index in [1.54, 1.807) is 34.1 Å². The van der Waals surface area contributed by atoms with Gasteiger partial charge < -0.3 is 19.7 Å². The number of benzene rings is 1. The number of hydrogen-bond donors (Lipinski definition) is 1. The van der Waals surface area contributed by atoms with Gasteiger partial charge >= 0.3 is 0 Å². The fraction of sp³-hybridized carbons (Fsp3) is 0.515. The molecule has 1 N–H and O–H groups in total. The first-order valence-corrected chi connectivity index (χ1v) is 15.3. The number of aromatic nitrogens is 2. The molecule has 8 nitrogen and oxygen atoms in total. The topological polar surface area (TPSA) is 87.5 Å². The number of likely N-dealkylation sites (tertiary alicyclic amines) is 1. The Morgan fingerprint density at radius 2 is 1.74 bits per heavy atom. The van der Waals surface area contributed by atoms with E-state index in [-0.39, 0.29) is 47.2 Å². The molecule has 1 aromatic carbocycles. The monoisotopic (exact) mass is 573 g/mol. The van der Waals surface area contributed by atoms with Crippen molar-refractivity contribution in [2.45, 2.75) is 71.5 Å². The summed E-state index contributed by atoms with van der Waals surface area (Å²) in [5.41, 5.74) is 1.97. The molecule has 42 heavy (non-hydrogen) atoms. The number of rotatable bonds is 7. The summed E-state index contributed by atoms with van der Waals surface area (Å²) in [6.07, 6.45) is 8.66. The van der Waals surface area contributed by atoms with Crippen LogP contribution in [0.5, 0.6) is 0 Å². The minimum absolute atomic E-state index is 0.0241. The molecule has 6 rings (SSSR count). The Bertz CT molecular complexity index is 1520. The molecule has 1 saturated carbocycles. The molecule has 3 aliphatic rings. The molecule has 0 unspecified atom stereocenters. The largest absolute Gasteiger partial charge is 0.341 e. The Hall–Kier alpha value is -3.59. The average molecular weight is 574 g/mol. The van der Waals surface area contributed by atoms with Crippen molar-refractivity contribution in [3.05, 3.63) is 59.8 Å². The lowest BCUT2D eigenvalue weighted by molar-refractivity contribution is -0.136. The second kappa shape index (κ2) is 11.2. The molecular formula is C33H40FN5O3. The van der Waals surface area contributed by atoms with Crippen LogP contribution in [0.3, 0.4) is 0 Å². The number of Topliss-reactive ketones (excluding diaryl/α,β-unsaturated/α-hetero) is 1. The fourth-order valence-corrected chi connectivity index (χ4v) is 7.33. The zero-order valence-electron chi connectivity index (χ0n) is 24.8. The Balaban J connectivity index is 1.27. The van der Waals surface area contributed by atoms with Crippen LogP contribution in [-0.2, 0) is 4.79 Å². The van der Waals surface area contributed by atoms with Gasteiger partial charge in [-0.05, 0) is 96.0 Å². The van der Waals surface area contributed by atoms with Gasteiger partial charge in [-0.1, -0.05) is 0 Å². The molecule has 3 aromatic rings. The number of amides is 2. The summed E-state index contributed by atoms with van der Waals surface area (Å²) in [5, 5.41) is 4.17. The molecule has 0 bridgehead atoms. The van der Waals surface area contributed by atoms with E-state index >= 15 is 0 Å². The molecule has 2 aromatic heterocycles. The van der Waals surface area contributed by atoms with Crippen molar-refractivity contribution in [2.75, 3.05) is 19.6 Å². The van der Waals surface area contributed by atoms with Gasteiger partial charge in [0.25, 0.3) is 5.91 Å². The lowest BCUT2D eigenvalue weighted by atomic mass is 9.72. The van der Waals surface area contributed by atoms with Crippen molar-refractivity contribution in [3.63, 3.8) is 0 Å². The Labute approximate surface area is 246 Å². The number of nitrogens with one attached hydrogen (secondary N) is 1. The minimum Gasteiger partial charge on any atom is -0.341 e. The van der Waals surface area contributed by atoms with Crippen LogP contribution < -0.4 is 5.32 Å². The molecule has 2 amide bonds. The zero-order chi connectivity index (χ0) is 29.7. The number of nitrogens with zero attached hydrogens (tertiary/aromatic N) is 4. The first-order valence-electron chi connectivity index (χ1n) is 15.3. The maximum absolute atomic E-state index is 14.5. The van der Waals surface area contributed by atoms with Crippen LogP contribution in [0.25, 0.3) is 16.6 Å². The van der Waals surface area contributed by atoms with E-state index in [1.807, 2.05) is 38.7 Å². The van der Waals surface area contributed by atoms with Crippen molar-refractivity contribution < 1.29 is 18.8 Å². The van der Waals surface area contributed by atoms with Gasteiger partial charge in [0.15, 0.2) is 5.78 Å². The third-order valence-electron chi connectivity index (χ3n) is 9.62. The predicted molar refractivity (Wildman–Crippen MR) is 159 cm³/mol. The molecule has 4 heterocycles. The Kier molecular flexibility index (Phi) is 7.64. The first kappa shape index (κ1) is 28.5. The summed E-state index contributed by atoms with van der Waals surface area (Å²) in [6, 6.07) is 5.79. The molecule has 1 aliphatic carbocycles. The van der Waals surface area contributed by atoms with Crippen LogP contribution in [-0.4, -0.2) is 74.7 Å². The van der Waals surface area contributed by atoms with Crippen molar-refractivity contribution in [1.29, 1.82) is 0 Å². The van der Waals surface area contributed by atoms with Crippen LogP contribution in [0.1, 0.15) is 74.1 Å². The summed E-state index contributed by atoms with van der Waals surface area (Å²) < 4.78 is 16.3. The highest BCUT2D eigenvalue weighted by Crippen LogP contribution is 2.41. The summed E-state index contributed by atoms with van der Waals surface area (Å²) in [5.74, 6) is 0.337. The average Bonchev–Trinajstić information content (AvgIpc) is 3.48. The zero-order valence-corrected chi connectivity index (χ0v) is 24.8. The van der Waals surface area contributed by atoms with Crippen molar-refractivity contribution >= 4 is 28.5 Å². The maximum Gasteiger partial charge on any atom is 0.256 e. The number of hydrogen-bond acceptors (Lipinski definition) is 5. The third-order valence-corrected chi connectivity index (χ3v) is 9.62. The second-order valence-corrected chi connectivity index (χ2v) is 12.7. The number of carbonyl (C=O) groups is 3. The lowest BCUT2D eigenvalue weighted by Crippen LogP contribution is -2.50. The highest BCUT2D eigenvalue weighted by Gasteiger charge is 2.47. The molecule has 3 fully saturated rings. The van der Waals surface area contributed by atoms with Crippen LogP contribution in [0.2, 0.25) is 0 Å². The number of halogens is 1. The first-order chi connectivity index (χ1) is 20.2. The van der Waals surface area contributed by atoms with Crippen LogP contribution in [0.4, 0.5) is 4.39 Å². The van der Waals surface area contributed by atoms with Gasteiger partial charge in [-0.25, -0.2) is 4.39 Å². The number of carbonyl (C=O) groups excluding carboxylic acids is 3. The molecule has 2 aliphatic heterocycles. The number of piperidine rings is 1. The predicted octanol–water partition coefficient (Wildman–Crippen LogP) is 4.84. The third kappa shape index (κ3) is 4.91. The van der Waals surface area contributed by atoms with E-state index in [9.17, 15) is 18.8 Å². The molecular weight excluding hydrogens is 533 g/mol. The van der Waals surface area contributed by atoms with Gasteiger partial charge in [0.05, 0.1) is 29.0 Å². The smallest absolute Gasteiger partial charge is 0.256 e. The van der Waals surface area contributed by atoms with Gasteiger partial charge in [0.2, 0.25) is 5.91 Å². The minimum atomic E-state index is -0.498. The number of ketones is 1. The molecule has 3 atom stereocenters. The van der Waals surface area contributed by atoms with Crippen LogP contribution >= 0.6 is 0 Å². The van der Waals surface area contributed by atoms with Crippen molar-refractivity contribution in [1.82, 2.24) is 24.7 Å². The van der Waals surface area contributed by atoms with E-state index in [0.29, 0.717) is 54.5 Å². The Morgan fingerprint density at radius 1 is 1.00 bits per heavy atom. The molecule has 9 heteroatoms. The van der Waals surface area contributed by atoms with E-state index < -0.39 is 5.82 Å². The summed E-state index contributed by atoms with van der Waals surface area (Å²) in [6.45, 7) is 9.84. The quantitative estimate of drug-likeness (QED) is 0.409. The second-order valence-electron chi connectivity index (χ2n) is 12.7. The standard InChI is InChI=1S/C33H40FN5O3/c1-19(2)39(20(3)4)32(41)26-15-23(34)6-8-28(26)38-18-27(25-9-12-35-17-29(25)38)31(40)21-10-13-37(14-11-21)33(42)30-24-7-5-22(24)16-36-30/h6,8-9,12,15,17-22,24,30,36H,5,7,10-11,13-14,16H2,1-4H3/t22-,24-,30-/m0/s1. The molecule has 0 spiro atoms. The Morgan fingerprint density at radius 3 is 2.38 bits per heavy atom. The number of pyridine rings is 1. The van der Waals surface area contributed by atoms with Crippen molar-refractivity contribution in [3.8, 4) is 5.69 Å². The SMILES string of the molecule is CC(C)N(C(=O)c1cc(F)ccc1-n1cc(C(=O)C2CCN(C(=O)[C@H]3NC[C@@H]4CC[C@@H]43)CC2)c2ccncc21)C(C)C. The highest BCUT2D eigenvalue weighted by atomic mass is 19.1. The van der Waals surface area contributed by atoms with Gasteiger partial charge in [-0.3, -0.25) is 19.4 Å². The van der Waals surface area contributed by atoms with E-state index in [2.05, 4.69) is 10.3 Å². The maximum atomic E-state index is 14.5.